The third-order valence-electron chi connectivity index (χ3n) is 0. The molecule has 0 aromatic rings. The van der Waals surface area contributed by atoms with Crippen molar-refractivity contribution < 1.29 is 54.4 Å². The Morgan fingerprint density at radius 1 is 1.20 bits per heavy atom. The first-order chi connectivity index (χ1) is 0. The molecule has 0 aromatic carbocycles. The number of hydrogen-bond donors (Lipinski definition) is 0. The van der Waals surface area contributed by atoms with Gasteiger partial charge in [0, 0.05) is 51.5 Å². The molecule has 0 heterocycles. The summed E-state index contributed by atoms with van der Waals surface area (Å²) in [6.45, 7) is 0. The van der Waals surface area contributed by atoms with Crippen molar-refractivity contribution in [3.8, 4) is 0 Å². The van der Waals surface area contributed by atoms with E-state index in [9.17, 15) is 0 Å². The second-order valence-corrected chi connectivity index (χ2v) is 0. The van der Waals surface area contributed by atoms with Crippen molar-refractivity contribution in [2.75, 3.05) is 0 Å². The second kappa shape index (κ2) is 28.8. The van der Waals surface area contributed by atoms with Gasteiger partial charge in [-0.05, 0) is 0 Å². The normalized spacial score (nSPS) is 0. The fraction of sp³-hybridized carbons (Fsp3) is 0. The Morgan fingerprint density at radius 2 is 1.20 bits per heavy atom. The molecule has 5 heteroatoms. The Labute approximate surface area is 93.3 Å². The van der Waals surface area contributed by atoms with Gasteiger partial charge in [-0.2, -0.15) is 0 Å². The van der Waals surface area contributed by atoms with Crippen LogP contribution < -0.4 is 0 Å². The van der Waals surface area contributed by atoms with Crippen LogP contribution in [0.25, 0.3) is 0 Å². The molecule has 0 fully saturated rings. The fourth-order valence-corrected chi connectivity index (χ4v) is 0. The van der Waals surface area contributed by atoms with Gasteiger partial charge in [0.05, 0.1) is 0 Å². The van der Waals surface area contributed by atoms with Gasteiger partial charge in [-0.1, -0.05) is 0 Å². The molecule has 0 nitrogen and oxygen atoms in total. The molecule has 0 aliphatic carbocycles. The van der Waals surface area contributed by atoms with E-state index in [4.69, 9.17) is 0 Å². The van der Waals surface area contributed by atoms with E-state index in [1.165, 1.54) is 0 Å². The molecular weight excluding hydrogens is 274 g/mol. The van der Waals surface area contributed by atoms with Crippen molar-refractivity contribution in [1.82, 2.24) is 0 Å². The second-order valence-electron chi connectivity index (χ2n) is 0. The Bertz CT molecular complexity index is 17.7. The first-order valence-corrected chi connectivity index (χ1v) is 0. The molecule has 0 saturated heterocycles. The van der Waals surface area contributed by atoms with Crippen molar-refractivity contribution in [3.63, 3.8) is 0 Å². The van der Waals surface area contributed by atoms with Gasteiger partial charge in [-0.25, -0.2) is 0 Å². The third-order valence-corrected chi connectivity index (χ3v) is 0. The molecule has 0 aromatic heterocycles. The van der Waals surface area contributed by atoms with Crippen LogP contribution in [0.15, 0.2) is 0 Å². The molecule has 0 unspecified atom stereocenters. The summed E-state index contributed by atoms with van der Waals surface area (Å²) >= 11 is 0. The minimum atomic E-state index is 0. The summed E-state index contributed by atoms with van der Waals surface area (Å²) in [7, 11) is 0. The molecule has 0 N–H and O–H groups in total. The Morgan fingerprint density at radius 3 is 1.20 bits per heavy atom. The van der Waals surface area contributed by atoms with Gasteiger partial charge in [0.15, 0.2) is 0 Å². The Hall–Kier alpha value is 2.86. The van der Waals surface area contributed by atoms with E-state index in [1.807, 2.05) is 0 Å². The van der Waals surface area contributed by atoms with E-state index in [-0.39, 0.29) is 94.5 Å². The predicted molar refractivity (Wildman–Crippen MR) is 16.5 cm³/mol. The molecule has 0 rings (SSSR count). The van der Waals surface area contributed by atoms with Crippen LogP contribution in [0, 0.1) is 0 Å². The Balaban J connectivity index is 0. The van der Waals surface area contributed by atoms with E-state index in [0.717, 1.165) is 0 Å². The minimum absolute atomic E-state index is 0. The van der Waals surface area contributed by atoms with Crippen LogP contribution >= 0.6 is 0 Å². The van der Waals surface area contributed by atoms with Crippen molar-refractivity contribution >= 4 is 40.1 Å². The van der Waals surface area contributed by atoms with Crippen LogP contribution in [-0.4, -0.2) is 40.1 Å². The summed E-state index contributed by atoms with van der Waals surface area (Å²) < 4.78 is 0. The zero-order chi connectivity index (χ0) is 0. The standard InChI is InChI=1S/Cr.Cu.Mg.Mn.H2Se.2H/h;;;;1H2;;/q;;+2;;;2*-1. The van der Waals surface area contributed by atoms with Crippen molar-refractivity contribution in [3.05, 3.63) is 0 Å². The van der Waals surface area contributed by atoms with Gasteiger partial charge in [-0.15, -0.1) is 0 Å². The topological polar surface area (TPSA) is 0 Å². The average Bonchev–Trinajstić information content (AvgIpc) is 0. The van der Waals surface area contributed by atoms with Crippen LogP contribution in [0.3, 0.4) is 0 Å². The molecule has 0 spiro atoms. The first kappa shape index (κ1) is 45.3. The van der Waals surface area contributed by atoms with Crippen LogP contribution in [0.2, 0.25) is 0 Å². The number of hydrogen-bond acceptors (Lipinski definition) is 0. The zero-order valence-corrected chi connectivity index (χ0v) is 9.20. The van der Waals surface area contributed by atoms with Crippen LogP contribution in [0.5, 0.6) is 0 Å². The van der Waals surface area contributed by atoms with E-state index >= 15 is 0 Å². The Kier molecular flexibility index (Phi) is 261. The summed E-state index contributed by atoms with van der Waals surface area (Å²) in [5.74, 6) is 0. The molecular formula is H4CrCuMgMnSe. The van der Waals surface area contributed by atoms with Crippen LogP contribution in [0.1, 0.15) is 2.85 Å². The summed E-state index contributed by atoms with van der Waals surface area (Å²) in [6, 6.07) is 0. The zero-order valence-electron chi connectivity index (χ0n) is 4.29. The van der Waals surface area contributed by atoms with Gasteiger partial charge < -0.3 is 2.85 Å². The third kappa shape index (κ3) is 19.8. The molecule has 0 aliphatic rings. The summed E-state index contributed by atoms with van der Waals surface area (Å²) in [4.78, 5) is 0. The van der Waals surface area contributed by atoms with E-state index < -0.39 is 0 Å². The molecule has 0 bridgehead atoms. The molecule has 0 saturated carbocycles. The molecule has 0 aliphatic heterocycles. The van der Waals surface area contributed by atoms with Gasteiger partial charge in [0.2, 0.25) is 0 Å². The maximum atomic E-state index is 0. The van der Waals surface area contributed by atoms with Crippen LogP contribution in [0.4, 0.5) is 0 Å². The van der Waals surface area contributed by atoms with Crippen molar-refractivity contribution in [2.24, 2.45) is 0 Å². The molecule has 5 heavy (non-hydrogen) atoms. The molecule has 36 valence electrons. The first-order valence-electron chi connectivity index (χ1n) is 0. The van der Waals surface area contributed by atoms with Crippen molar-refractivity contribution in [2.45, 2.75) is 0 Å². The van der Waals surface area contributed by atoms with Gasteiger partial charge in [0.25, 0.3) is 0 Å². The maximum absolute atomic E-state index is 0. The van der Waals surface area contributed by atoms with Crippen LogP contribution in [-0.2, 0) is 51.5 Å². The van der Waals surface area contributed by atoms with E-state index in [0.29, 0.717) is 0 Å². The van der Waals surface area contributed by atoms with Gasteiger partial charge in [0.1, 0.15) is 0 Å². The summed E-state index contributed by atoms with van der Waals surface area (Å²) in [5.41, 5.74) is 0. The fourth-order valence-electron chi connectivity index (χ4n) is 0. The predicted octanol–water partition coefficient (Wildman–Crippen LogP) is -1.08. The molecule has 0 amide bonds. The summed E-state index contributed by atoms with van der Waals surface area (Å²) in [5, 5.41) is 0. The average molecular weight is 278 g/mol. The quantitative estimate of drug-likeness (QED) is 0.494. The van der Waals surface area contributed by atoms with Gasteiger partial charge in [-0.3, -0.25) is 0 Å². The summed E-state index contributed by atoms with van der Waals surface area (Å²) in [6.07, 6.45) is 0. The number of rotatable bonds is 0. The molecule has 2 radical (unpaired) electrons. The molecule has 0 atom stereocenters. The van der Waals surface area contributed by atoms with Crippen molar-refractivity contribution in [1.29, 1.82) is 0 Å². The van der Waals surface area contributed by atoms with E-state index in [2.05, 4.69) is 0 Å². The van der Waals surface area contributed by atoms with Gasteiger partial charge >= 0.3 is 40.1 Å². The monoisotopic (exact) mass is 278 g/mol. The van der Waals surface area contributed by atoms with E-state index in [1.54, 1.807) is 0 Å². The SMILES string of the molecule is [Cr].[Cu].[H-].[H-].[Mg+2].[Mn].[SeH2].